The summed E-state index contributed by atoms with van der Waals surface area (Å²) in [5, 5.41) is 4.93. The van der Waals surface area contributed by atoms with E-state index < -0.39 is 21.8 Å². The van der Waals surface area contributed by atoms with Crippen molar-refractivity contribution < 1.29 is 17.2 Å². The summed E-state index contributed by atoms with van der Waals surface area (Å²) in [6.07, 6.45) is 1.75. The molecule has 1 fully saturated rings. The highest BCUT2D eigenvalue weighted by atomic mass is 32.2. The molecule has 1 aliphatic heterocycles. The van der Waals surface area contributed by atoms with E-state index >= 15 is 0 Å². The van der Waals surface area contributed by atoms with Crippen LogP contribution >= 0.6 is 0 Å². The van der Waals surface area contributed by atoms with E-state index in [9.17, 15) is 17.2 Å². The number of hydrogen-bond donors (Lipinski definition) is 2. The third-order valence-electron chi connectivity index (χ3n) is 4.08. The molecule has 0 radical (unpaired) electrons. The third-order valence-corrected chi connectivity index (χ3v) is 4.65. The molecule has 2 atom stereocenters. The van der Waals surface area contributed by atoms with Gasteiger partial charge in [-0.3, -0.25) is 4.90 Å². The summed E-state index contributed by atoms with van der Waals surface area (Å²) in [5.41, 5.74) is 0.319. The van der Waals surface area contributed by atoms with Crippen LogP contribution in [0.5, 0.6) is 0 Å². The van der Waals surface area contributed by atoms with Crippen LogP contribution in [0.2, 0.25) is 0 Å². The minimum atomic E-state index is -3.70. The standard InChI is InChI=1S/C14H21F2N3O2S/c1-10(13-7-12(15)4-5-14(13)16)19-6-2-3-11(9-19)8-18-22(17,20)21/h4-5,7,10-11,18H,2-3,6,8-9H2,1H3,(H2,17,20,21)/t10-,11-/m1/s1. The quantitative estimate of drug-likeness (QED) is 0.858. The summed E-state index contributed by atoms with van der Waals surface area (Å²) < 4.78 is 51.4. The highest BCUT2D eigenvalue weighted by molar-refractivity contribution is 7.87. The molecule has 0 aromatic heterocycles. The third kappa shape index (κ3) is 4.70. The van der Waals surface area contributed by atoms with Gasteiger partial charge in [-0.25, -0.2) is 18.6 Å². The second kappa shape index (κ2) is 6.99. The first-order valence-corrected chi connectivity index (χ1v) is 8.77. The second-order valence-electron chi connectivity index (χ2n) is 5.74. The van der Waals surface area contributed by atoms with Gasteiger partial charge in [0.15, 0.2) is 0 Å². The van der Waals surface area contributed by atoms with E-state index in [1.54, 1.807) is 0 Å². The minimum Gasteiger partial charge on any atom is -0.296 e. The number of likely N-dealkylation sites (tertiary alicyclic amines) is 1. The summed E-state index contributed by atoms with van der Waals surface area (Å²) in [7, 11) is -3.70. The Morgan fingerprint density at radius 3 is 2.86 bits per heavy atom. The molecule has 0 amide bonds. The van der Waals surface area contributed by atoms with Crippen molar-refractivity contribution in [2.75, 3.05) is 19.6 Å². The lowest BCUT2D eigenvalue weighted by molar-refractivity contribution is 0.131. The van der Waals surface area contributed by atoms with Gasteiger partial charge in [-0.2, -0.15) is 8.42 Å². The first-order chi connectivity index (χ1) is 10.3. The number of benzene rings is 1. The smallest absolute Gasteiger partial charge is 0.274 e. The Balaban J connectivity index is 2.03. The van der Waals surface area contributed by atoms with E-state index in [1.807, 2.05) is 11.8 Å². The van der Waals surface area contributed by atoms with Crippen LogP contribution in [0.3, 0.4) is 0 Å². The van der Waals surface area contributed by atoms with Crippen molar-refractivity contribution in [1.82, 2.24) is 9.62 Å². The molecule has 5 nitrogen and oxygen atoms in total. The van der Waals surface area contributed by atoms with Gasteiger partial charge in [-0.1, -0.05) is 0 Å². The molecule has 1 heterocycles. The van der Waals surface area contributed by atoms with Gasteiger partial charge in [0.2, 0.25) is 0 Å². The fourth-order valence-corrected chi connectivity index (χ4v) is 3.35. The van der Waals surface area contributed by atoms with E-state index in [0.29, 0.717) is 12.1 Å². The highest BCUT2D eigenvalue weighted by Gasteiger charge is 2.26. The van der Waals surface area contributed by atoms with Crippen molar-refractivity contribution in [1.29, 1.82) is 0 Å². The molecular formula is C14H21F2N3O2S. The average Bonchev–Trinajstić information content (AvgIpc) is 2.46. The summed E-state index contributed by atoms with van der Waals surface area (Å²) in [4.78, 5) is 2.04. The van der Waals surface area contributed by atoms with Crippen molar-refractivity contribution in [2.45, 2.75) is 25.8 Å². The van der Waals surface area contributed by atoms with Gasteiger partial charge < -0.3 is 0 Å². The van der Waals surface area contributed by atoms with E-state index in [2.05, 4.69) is 4.72 Å². The molecule has 1 aromatic rings. The van der Waals surface area contributed by atoms with E-state index in [-0.39, 0.29) is 18.5 Å². The topological polar surface area (TPSA) is 75.4 Å². The predicted molar refractivity (Wildman–Crippen MR) is 80.2 cm³/mol. The number of nitrogens with one attached hydrogen (secondary N) is 1. The average molecular weight is 333 g/mol. The number of nitrogens with two attached hydrogens (primary N) is 1. The molecule has 3 N–H and O–H groups in total. The van der Waals surface area contributed by atoms with Crippen LogP contribution in [0.15, 0.2) is 18.2 Å². The molecule has 0 unspecified atom stereocenters. The maximum atomic E-state index is 13.9. The number of piperidine rings is 1. The normalized spacial score (nSPS) is 21.7. The largest absolute Gasteiger partial charge is 0.296 e. The molecule has 2 rings (SSSR count). The number of hydrogen-bond acceptors (Lipinski definition) is 3. The molecule has 1 saturated heterocycles. The van der Waals surface area contributed by atoms with Crippen molar-refractivity contribution >= 4 is 10.2 Å². The van der Waals surface area contributed by atoms with Crippen LogP contribution in [0.4, 0.5) is 8.78 Å². The van der Waals surface area contributed by atoms with Crippen LogP contribution < -0.4 is 9.86 Å². The van der Waals surface area contributed by atoms with Gasteiger partial charge in [0.1, 0.15) is 11.6 Å². The molecule has 124 valence electrons. The lowest BCUT2D eigenvalue weighted by Crippen LogP contribution is -2.43. The number of nitrogens with zero attached hydrogens (tertiary/aromatic N) is 1. The van der Waals surface area contributed by atoms with Crippen molar-refractivity contribution in [3.05, 3.63) is 35.4 Å². The molecule has 0 spiro atoms. The molecule has 1 aliphatic rings. The van der Waals surface area contributed by atoms with Crippen molar-refractivity contribution in [2.24, 2.45) is 11.1 Å². The van der Waals surface area contributed by atoms with Crippen LogP contribution in [0.25, 0.3) is 0 Å². The van der Waals surface area contributed by atoms with Crippen LogP contribution in [-0.2, 0) is 10.2 Å². The lowest BCUT2D eigenvalue weighted by atomic mass is 9.95. The van der Waals surface area contributed by atoms with Gasteiger partial charge in [0.05, 0.1) is 0 Å². The van der Waals surface area contributed by atoms with Gasteiger partial charge in [-0.05, 0) is 50.4 Å². The fraction of sp³-hybridized carbons (Fsp3) is 0.571. The number of rotatable bonds is 5. The van der Waals surface area contributed by atoms with Crippen LogP contribution in [0.1, 0.15) is 31.4 Å². The summed E-state index contributed by atoms with van der Waals surface area (Å²) >= 11 is 0. The van der Waals surface area contributed by atoms with Gasteiger partial charge >= 0.3 is 0 Å². The van der Waals surface area contributed by atoms with Crippen molar-refractivity contribution in [3.63, 3.8) is 0 Å². The Hall–Kier alpha value is -1.09. The Morgan fingerprint density at radius 2 is 2.18 bits per heavy atom. The Kier molecular flexibility index (Phi) is 5.49. The predicted octanol–water partition coefficient (Wildman–Crippen LogP) is 1.53. The Bertz CT molecular complexity index is 625. The zero-order chi connectivity index (χ0) is 16.3. The fourth-order valence-electron chi connectivity index (χ4n) is 2.88. The zero-order valence-electron chi connectivity index (χ0n) is 12.4. The van der Waals surface area contributed by atoms with Crippen LogP contribution in [0, 0.1) is 17.6 Å². The first-order valence-electron chi connectivity index (χ1n) is 7.22. The lowest BCUT2D eigenvalue weighted by Gasteiger charge is -2.37. The van der Waals surface area contributed by atoms with Crippen LogP contribution in [-0.4, -0.2) is 33.0 Å². The van der Waals surface area contributed by atoms with Gasteiger partial charge in [-0.15, -0.1) is 0 Å². The van der Waals surface area contributed by atoms with Gasteiger partial charge in [0.25, 0.3) is 10.2 Å². The maximum absolute atomic E-state index is 13.9. The van der Waals surface area contributed by atoms with E-state index in [1.165, 1.54) is 6.07 Å². The summed E-state index contributed by atoms with van der Waals surface area (Å²) in [5.74, 6) is -0.794. The monoisotopic (exact) mass is 333 g/mol. The second-order valence-corrected chi connectivity index (χ2v) is 7.12. The maximum Gasteiger partial charge on any atom is 0.274 e. The summed E-state index contributed by atoms with van der Waals surface area (Å²) in [6.45, 7) is 3.46. The van der Waals surface area contributed by atoms with Crippen molar-refractivity contribution in [3.8, 4) is 0 Å². The van der Waals surface area contributed by atoms with Gasteiger partial charge in [0, 0.05) is 24.7 Å². The Morgan fingerprint density at radius 1 is 1.45 bits per heavy atom. The first kappa shape index (κ1) is 17.3. The SMILES string of the molecule is C[C@H](c1cc(F)ccc1F)N1CCC[C@H](CNS(N)(=O)=O)C1. The molecule has 8 heteroatoms. The Labute approximate surface area is 129 Å². The molecule has 0 aliphatic carbocycles. The van der Waals surface area contributed by atoms with E-state index in [0.717, 1.165) is 31.5 Å². The molecule has 1 aromatic carbocycles. The molecule has 22 heavy (non-hydrogen) atoms. The zero-order valence-corrected chi connectivity index (χ0v) is 13.2. The highest BCUT2D eigenvalue weighted by Crippen LogP contribution is 2.28. The molecule has 0 saturated carbocycles. The van der Waals surface area contributed by atoms with E-state index in [4.69, 9.17) is 5.14 Å². The molecule has 0 bridgehead atoms. The minimum absolute atomic E-state index is 0.103. The number of halogens is 2. The summed E-state index contributed by atoms with van der Waals surface area (Å²) in [6, 6.07) is 3.17. The molecular weight excluding hydrogens is 312 g/mol.